The van der Waals surface area contributed by atoms with Crippen LogP contribution in [0.1, 0.15) is 51.8 Å². The molecule has 0 spiro atoms. The van der Waals surface area contributed by atoms with Crippen molar-refractivity contribution in [2.75, 3.05) is 19.8 Å². The van der Waals surface area contributed by atoms with Gasteiger partial charge in [0.25, 0.3) is 6.64 Å². The molecule has 1 fully saturated rings. The lowest BCUT2D eigenvalue weighted by Gasteiger charge is -2.48. The first-order valence-corrected chi connectivity index (χ1v) is 15.5. The molecule has 2 aromatic carbocycles. The minimum absolute atomic E-state index is 0.230. The SMILES string of the molecule is CCOP(=S)(NC(C)(c1ccccc1)P1(=O)OCC(C)(C)[C@H](c2ccc(Cl)cc2)O1)OCC. The lowest BCUT2D eigenvalue weighted by atomic mass is 9.83. The van der Waals surface area contributed by atoms with Crippen LogP contribution in [-0.4, -0.2) is 19.8 Å². The summed E-state index contributed by atoms with van der Waals surface area (Å²) < 4.78 is 38.8. The van der Waals surface area contributed by atoms with Crippen molar-refractivity contribution in [3.05, 3.63) is 70.7 Å². The van der Waals surface area contributed by atoms with Crippen molar-refractivity contribution in [2.45, 2.75) is 46.0 Å². The van der Waals surface area contributed by atoms with E-state index in [4.69, 9.17) is 41.5 Å². The van der Waals surface area contributed by atoms with E-state index in [-0.39, 0.29) is 6.61 Å². The van der Waals surface area contributed by atoms with Crippen LogP contribution < -0.4 is 5.09 Å². The molecule has 0 aromatic heterocycles. The van der Waals surface area contributed by atoms with Gasteiger partial charge in [-0.15, -0.1) is 0 Å². The third-order valence-electron chi connectivity index (χ3n) is 5.57. The fourth-order valence-electron chi connectivity index (χ4n) is 3.78. The Hall–Kier alpha value is -0.590. The van der Waals surface area contributed by atoms with Crippen molar-refractivity contribution in [3.63, 3.8) is 0 Å². The van der Waals surface area contributed by atoms with Gasteiger partial charge in [-0.05, 0) is 55.8 Å². The van der Waals surface area contributed by atoms with E-state index >= 15 is 0 Å². The van der Waals surface area contributed by atoms with Gasteiger partial charge in [0.2, 0.25) is 0 Å². The summed E-state index contributed by atoms with van der Waals surface area (Å²) in [6, 6.07) is 16.8. The first kappa shape index (κ1) is 27.0. The highest BCUT2D eigenvalue weighted by atomic mass is 35.5. The minimum Gasteiger partial charge on any atom is -0.318 e. The molecule has 0 bridgehead atoms. The van der Waals surface area contributed by atoms with Gasteiger partial charge in [-0.1, -0.05) is 67.9 Å². The van der Waals surface area contributed by atoms with E-state index < -0.39 is 31.0 Å². The second-order valence-electron chi connectivity index (χ2n) is 8.68. The molecule has 0 radical (unpaired) electrons. The summed E-state index contributed by atoms with van der Waals surface area (Å²) in [5.41, 5.74) is 1.15. The standard InChI is InChI=1S/C23H32ClNO5P2S/c1-6-27-32(33,28-7-2)25-23(5,19-11-9-8-10-12-19)31(26)29-17-22(3,4)21(30-31)18-13-15-20(24)16-14-18/h8-16,21H,6-7,17H2,1-5H3,(H,25,33)/t21-,23?,31?/m0/s1. The van der Waals surface area contributed by atoms with Gasteiger partial charge in [-0.25, -0.2) is 5.09 Å². The normalized spacial score (nSPS) is 24.8. The van der Waals surface area contributed by atoms with Gasteiger partial charge in [0.05, 0.1) is 25.9 Å². The number of rotatable bonds is 9. The zero-order valence-electron chi connectivity index (χ0n) is 19.6. The molecule has 6 nitrogen and oxygen atoms in total. The van der Waals surface area contributed by atoms with Crippen molar-refractivity contribution in [2.24, 2.45) is 5.41 Å². The molecule has 1 saturated heterocycles. The van der Waals surface area contributed by atoms with E-state index in [0.29, 0.717) is 23.8 Å². The number of benzene rings is 2. The Bertz CT molecular complexity index is 1030. The predicted molar refractivity (Wildman–Crippen MR) is 137 cm³/mol. The molecular formula is C23H32ClNO5P2S. The molecule has 1 aliphatic rings. The molecule has 2 aromatic rings. The highest BCUT2D eigenvalue weighted by Gasteiger charge is 2.57. The molecule has 0 aliphatic carbocycles. The minimum atomic E-state index is -3.86. The molecule has 10 heteroatoms. The van der Waals surface area contributed by atoms with E-state index in [2.05, 4.69) is 5.09 Å². The van der Waals surface area contributed by atoms with Crippen LogP contribution in [0.3, 0.4) is 0 Å². The first-order valence-electron chi connectivity index (χ1n) is 10.9. The van der Waals surface area contributed by atoms with Crippen LogP contribution in [0, 0.1) is 5.41 Å². The van der Waals surface area contributed by atoms with Crippen molar-refractivity contribution in [3.8, 4) is 0 Å². The van der Waals surface area contributed by atoms with Crippen LogP contribution in [-0.2, 0) is 39.7 Å². The van der Waals surface area contributed by atoms with Gasteiger partial charge in [0.15, 0.2) is 5.28 Å². The third-order valence-corrected chi connectivity index (χ3v) is 11.2. The molecule has 1 N–H and O–H groups in total. The van der Waals surface area contributed by atoms with E-state index in [0.717, 1.165) is 5.56 Å². The fourth-order valence-corrected chi connectivity index (χ4v) is 9.90. The van der Waals surface area contributed by atoms with Crippen LogP contribution in [0.2, 0.25) is 5.02 Å². The van der Waals surface area contributed by atoms with E-state index in [1.54, 1.807) is 19.1 Å². The van der Waals surface area contributed by atoms with Crippen LogP contribution in [0.15, 0.2) is 54.6 Å². The summed E-state index contributed by atoms with van der Waals surface area (Å²) in [5.74, 6) is 0. The molecule has 2 unspecified atom stereocenters. The summed E-state index contributed by atoms with van der Waals surface area (Å²) in [6.45, 7) is 7.42. The monoisotopic (exact) mass is 531 g/mol. The Morgan fingerprint density at radius 1 is 1.15 bits per heavy atom. The van der Waals surface area contributed by atoms with E-state index in [9.17, 15) is 4.57 Å². The summed E-state index contributed by atoms with van der Waals surface area (Å²) in [4.78, 5) is 0. The van der Waals surface area contributed by atoms with Gasteiger partial charge >= 0.3 is 7.60 Å². The quantitative estimate of drug-likeness (QED) is 0.338. The van der Waals surface area contributed by atoms with Gasteiger partial charge in [0.1, 0.15) is 0 Å². The van der Waals surface area contributed by atoms with Crippen molar-refractivity contribution < 1.29 is 22.7 Å². The Labute approximate surface area is 207 Å². The largest absolute Gasteiger partial charge is 0.355 e. The van der Waals surface area contributed by atoms with Crippen molar-refractivity contribution >= 4 is 37.6 Å². The molecule has 0 amide bonds. The van der Waals surface area contributed by atoms with Gasteiger partial charge < -0.3 is 13.6 Å². The van der Waals surface area contributed by atoms with Crippen LogP contribution in [0.25, 0.3) is 0 Å². The van der Waals surface area contributed by atoms with Gasteiger partial charge in [-0.2, -0.15) is 0 Å². The zero-order valence-corrected chi connectivity index (χ0v) is 23.0. The Morgan fingerprint density at radius 2 is 1.73 bits per heavy atom. The lowest BCUT2D eigenvalue weighted by Crippen LogP contribution is -2.44. The summed E-state index contributed by atoms with van der Waals surface area (Å²) in [7, 11) is -3.86. The topological polar surface area (TPSA) is 66.0 Å². The predicted octanol–water partition coefficient (Wildman–Crippen LogP) is 7.41. The fraction of sp³-hybridized carbons (Fsp3) is 0.478. The molecule has 0 saturated carbocycles. The second-order valence-corrected chi connectivity index (χ2v) is 14.7. The second kappa shape index (κ2) is 10.6. The first-order chi connectivity index (χ1) is 15.5. The molecule has 1 aliphatic heterocycles. The average molecular weight is 532 g/mol. The third kappa shape index (κ3) is 5.81. The summed E-state index contributed by atoms with van der Waals surface area (Å²) >= 11 is 11.9. The maximum absolute atomic E-state index is 14.6. The van der Waals surface area contributed by atoms with Crippen LogP contribution >= 0.6 is 25.8 Å². The summed E-state index contributed by atoms with van der Waals surface area (Å²) in [5, 5.41) is 2.60. The average Bonchev–Trinajstić information content (AvgIpc) is 2.77. The highest BCUT2D eigenvalue weighted by Crippen LogP contribution is 2.72. The van der Waals surface area contributed by atoms with Crippen molar-refractivity contribution in [1.29, 1.82) is 0 Å². The number of nitrogens with one attached hydrogen (secondary N) is 1. The lowest BCUT2D eigenvalue weighted by molar-refractivity contribution is -0.0343. The van der Waals surface area contributed by atoms with Crippen LogP contribution in [0.4, 0.5) is 0 Å². The smallest absolute Gasteiger partial charge is 0.318 e. The molecule has 3 rings (SSSR count). The maximum atomic E-state index is 14.6. The molecular weight excluding hydrogens is 500 g/mol. The van der Waals surface area contributed by atoms with Crippen LogP contribution in [0.5, 0.6) is 0 Å². The zero-order chi connectivity index (χ0) is 24.3. The highest BCUT2D eigenvalue weighted by molar-refractivity contribution is 8.09. The van der Waals surface area contributed by atoms with Gasteiger partial charge in [0, 0.05) is 10.4 Å². The Morgan fingerprint density at radius 3 is 2.27 bits per heavy atom. The molecule has 3 atom stereocenters. The molecule has 33 heavy (non-hydrogen) atoms. The Kier molecular flexibility index (Phi) is 8.65. The molecule has 182 valence electrons. The number of hydrogen-bond acceptors (Lipinski definition) is 6. The van der Waals surface area contributed by atoms with E-state index in [1.807, 2.05) is 70.2 Å². The Balaban J connectivity index is 2.10. The van der Waals surface area contributed by atoms with E-state index in [1.165, 1.54) is 0 Å². The number of halogens is 1. The molecule has 1 heterocycles. The maximum Gasteiger partial charge on any atom is 0.355 e. The van der Waals surface area contributed by atoms with Gasteiger partial charge in [-0.3, -0.25) is 9.09 Å². The number of hydrogen-bond donors (Lipinski definition) is 1. The van der Waals surface area contributed by atoms with Crippen molar-refractivity contribution in [1.82, 2.24) is 5.09 Å². The summed E-state index contributed by atoms with van der Waals surface area (Å²) in [6.07, 6.45) is -0.490.